The van der Waals surface area contributed by atoms with Gasteiger partial charge in [-0.1, -0.05) is 0 Å². The van der Waals surface area contributed by atoms with Gasteiger partial charge in [-0.15, -0.1) is 0 Å². The summed E-state index contributed by atoms with van der Waals surface area (Å²) in [6, 6.07) is 0. The summed E-state index contributed by atoms with van der Waals surface area (Å²) in [5, 5.41) is 6.19. The molecule has 0 unspecified atom stereocenters. The predicted molar refractivity (Wildman–Crippen MR) is 74.6 cm³/mol. The Balaban J connectivity index is 1.82. The number of imidazole rings is 1. The highest BCUT2D eigenvalue weighted by Crippen LogP contribution is 2.19. The Labute approximate surface area is 114 Å². The molecule has 0 radical (unpaired) electrons. The summed E-state index contributed by atoms with van der Waals surface area (Å²) in [5.74, 6) is 1.41. The first-order chi connectivity index (χ1) is 8.79. The van der Waals surface area contributed by atoms with Crippen molar-refractivity contribution in [1.29, 1.82) is 0 Å². The lowest BCUT2D eigenvalue weighted by Crippen LogP contribution is -2.08. The number of anilines is 2. The van der Waals surface area contributed by atoms with Gasteiger partial charge in [0.15, 0.2) is 0 Å². The van der Waals surface area contributed by atoms with Crippen LogP contribution < -0.4 is 10.6 Å². The lowest BCUT2D eigenvalue weighted by Gasteiger charge is -2.08. The number of nitrogens with one attached hydrogen (secondary N) is 2. The molecular weight excluding hydrogens is 296 g/mol. The van der Waals surface area contributed by atoms with Crippen LogP contribution in [-0.4, -0.2) is 33.1 Å². The van der Waals surface area contributed by atoms with Gasteiger partial charge in [-0.25, -0.2) is 9.97 Å². The van der Waals surface area contributed by atoms with Gasteiger partial charge in [-0.05, 0) is 22.4 Å². The first kappa shape index (κ1) is 12.8. The SMILES string of the molecule is CNc1ncc(Br)c(NCCCn2ccnc2)n1. The van der Waals surface area contributed by atoms with Crippen molar-refractivity contribution in [3.05, 3.63) is 29.4 Å². The molecule has 0 aromatic carbocycles. The van der Waals surface area contributed by atoms with Gasteiger partial charge in [0.25, 0.3) is 0 Å². The fourth-order valence-corrected chi connectivity index (χ4v) is 1.83. The Morgan fingerprint density at radius 3 is 3.06 bits per heavy atom. The number of hydrogen-bond donors (Lipinski definition) is 2. The van der Waals surface area contributed by atoms with Gasteiger partial charge in [-0.2, -0.15) is 4.98 Å². The molecule has 2 N–H and O–H groups in total. The van der Waals surface area contributed by atoms with E-state index in [1.165, 1.54) is 0 Å². The van der Waals surface area contributed by atoms with E-state index in [2.05, 4.69) is 46.1 Å². The van der Waals surface area contributed by atoms with E-state index >= 15 is 0 Å². The van der Waals surface area contributed by atoms with Crippen LogP contribution in [-0.2, 0) is 6.54 Å². The quantitative estimate of drug-likeness (QED) is 0.799. The van der Waals surface area contributed by atoms with Crippen LogP contribution in [0.3, 0.4) is 0 Å². The van der Waals surface area contributed by atoms with Crippen LogP contribution in [0.5, 0.6) is 0 Å². The zero-order chi connectivity index (χ0) is 12.8. The van der Waals surface area contributed by atoms with Crippen molar-refractivity contribution in [2.45, 2.75) is 13.0 Å². The number of hydrogen-bond acceptors (Lipinski definition) is 5. The van der Waals surface area contributed by atoms with Crippen LogP contribution in [0.15, 0.2) is 29.4 Å². The summed E-state index contributed by atoms with van der Waals surface area (Å²) in [4.78, 5) is 12.4. The monoisotopic (exact) mass is 310 g/mol. The number of nitrogens with zero attached hydrogens (tertiary/aromatic N) is 4. The largest absolute Gasteiger partial charge is 0.369 e. The fraction of sp³-hybridized carbons (Fsp3) is 0.364. The Morgan fingerprint density at radius 2 is 2.33 bits per heavy atom. The van der Waals surface area contributed by atoms with Crippen molar-refractivity contribution in [1.82, 2.24) is 19.5 Å². The summed E-state index contributed by atoms with van der Waals surface area (Å²) in [7, 11) is 1.80. The van der Waals surface area contributed by atoms with E-state index < -0.39 is 0 Å². The second-order valence-electron chi connectivity index (χ2n) is 3.72. The predicted octanol–water partition coefficient (Wildman–Crippen LogP) is 1.98. The second-order valence-corrected chi connectivity index (χ2v) is 4.58. The first-order valence-electron chi connectivity index (χ1n) is 5.69. The molecule has 0 fully saturated rings. The van der Waals surface area contributed by atoms with Gasteiger partial charge in [0.05, 0.1) is 10.8 Å². The van der Waals surface area contributed by atoms with E-state index in [4.69, 9.17) is 0 Å². The summed E-state index contributed by atoms with van der Waals surface area (Å²) in [5.41, 5.74) is 0. The molecule has 2 heterocycles. The van der Waals surface area contributed by atoms with Gasteiger partial charge >= 0.3 is 0 Å². The molecule has 0 spiro atoms. The van der Waals surface area contributed by atoms with Crippen LogP contribution in [0.4, 0.5) is 11.8 Å². The molecule has 0 amide bonds. The Bertz CT molecular complexity index is 484. The van der Waals surface area contributed by atoms with Crippen LogP contribution in [0.2, 0.25) is 0 Å². The molecule has 6 nitrogen and oxygen atoms in total. The van der Waals surface area contributed by atoms with Gasteiger partial charge in [-0.3, -0.25) is 0 Å². The van der Waals surface area contributed by atoms with Crippen LogP contribution in [0, 0.1) is 0 Å². The van der Waals surface area contributed by atoms with E-state index in [1.54, 1.807) is 19.4 Å². The fourth-order valence-electron chi connectivity index (χ4n) is 1.50. The molecule has 0 aliphatic carbocycles. The van der Waals surface area contributed by atoms with Gasteiger partial charge in [0, 0.05) is 38.7 Å². The maximum Gasteiger partial charge on any atom is 0.224 e. The zero-order valence-corrected chi connectivity index (χ0v) is 11.7. The van der Waals surface area contributed by atoms with Crippen molar-refractivity contribution in [2.75, 3.05) is 24.2 Å². The number of aryl methyl sites for hydroxylation is 1. The molecule has 0 atom stereocenters. The van der Waals surface area contributed by atoms with Gasteiger partial charge < -0.3 is 15.2 Å². The van der Waals surface area contributed by atoms with E-state index in [0.717, 1.165) is 29.8 Å². The third-order valence-corrected chi connectivity index (χ3v) is 2.99. The molecule has 2 rings (SSSR count). The number of rotatable bonds is 6. The van der Waals surface area contributed by atoms with Crippen molar-refractivity contribution in [3.8, 4) is 0 Å². The zero-order valence-electron chi connectivity index (χ0n) is 10.1. The molecule has 0 saturated heterocycles. The summed E-state index contributed by atoms with van der Waals surface area (Å²) in [6.45, 7) is 1.78. The summed E-state index contributed by atoms with van der Waals surface area (Å²) < 4.78 is 2.92. The molecule has 7 heteroatoms. The standard InChI is InChI=1S/C11H15BrN6/c1-13-11-16-7-9(12)10(17-11)15-3-2-5-18-6-4-14-8-18/h4,6-8H,2-3,5H2,1H3,(H2,13,15,16,17). The third kappa shape index (κ3) is 3.43. The van der Waals surface area contributed by atoms with Crippen molar-refractivity contribution in [3.63, 3.8) is 0 Å². The van der Waals surface area contributed by atoms with E-state index in [1.807, 2.05) is 12.5 Å². The minimum absolute atomic E-state index is 0.607. The molecule has 0 saturated carbocycles. The normalized spacial score (nSPS) is 10.3. The van der Waals surface area contributed by atoms with Crippen molar-refractivity contribution >= 4 is 27.7 Å². The molecule has 0 aliphatic rings. The average Bonchev–Trinajstić information content (AvgIpc) is 2.89. The maximum atomic E-state index is 4.33. The van der Waals surface area contributed by atoms with E-state index in [0.29, 0.717) is 5.95 Å². The first-order valence-corrected chi connectivity index (χ1v) is 6.49. The smallest absolute Gasteiger partial charge is 0.224 e. The lowest BCUT2D eigenvalue weighted by molar-refractivity contribution is 0.660. The highest BCUT2D eigenvalue weighted by atomic mass is 79.9. The Kier molecular flexibility index (Phi) is 4.52. The molecule has 2 aromatic rings. The highest BCUT2D eigenvalue weighted by molar-refractivity contribution is 9.10. The highest BCUT2D eigenvalue weighted by Gasteiger charge is 2.03. The van der Waals surface area contributed by atoms with Crippen molar-refractivity contribution in [2.24, 2.45) is 0 Å². The van der Waals surface area contributed by atoms with Gasteiger partial charge in [0.1, 0.15) is 5.82 Å². The Morgan fingerprint density at radius 1 is 1.44 bits per heavy atom. The second kappa shape index (κ2) is 6.34. The van der Waals surface area contributed by atoms with Crippen LogP contribution in [0.25, 0.3) is 0 Å². The average molecular weight is 311 g/mol. The van der Waals surface area contributed by atoms with Gasteiger partial charge in [0.2, 0.25) is 5.95 Å². The van der Waals surface area contributed by atoms with Crippen molar-refractivity contribution < 1.29 is 0 Å². The van der Waals surface area contributed by atoms with Crippen LogP contribution in [0.1, 0.15) is 6.42 Å². The number of aromatic nitrogens is 4. The minimum atomic E-state index is 0.607. The lowest BCUT2D eigenvalue weighted by atomic mass is 10.4. The maximum absolute atomic E-state index is 4.33. The number of halogens is 1. The Hall–Kier alpha value is -1.63. The minimum Gasteiger partial charge on any atom is -0.369 e. The molecular formula is C11H15BrN6. The topological polar surface area (TPSA) is 67.7 Å². The van der Waals surface area contributed by atoms with Crippen LogP contribution >= 0.6 is 15.9 Å². The molecule has 96 valence electrons. The summed E-state index contributed by atoms with van der Waals surface area (Å²) in [6.07, 6.45) is 8.30. The molecule has 18 heavy (non-hydrogen) atoms. The third-order valence-electron chi connectivity index (χ3n) is 2.41. The molecule has 0 bridgehead atoms. The van der Waals surface area contributed by atoms with E-state index in [9.17, 15) is 0 Å². The molecule has 0 aliphatic heterocycles. The molecule has 2 aromatic heterocycles. The van der Waals surface area contributed by atoms with E-state index in [-0.39, 0.29) is 0 Å². The summed E-state index contributed by atoms with van der Waals surface area (Å²) >= 11 is 3.42.